The molecule has 0 saturated heterocycles. The van der Waals surface area contributed by atoms with Crippen molar-refractivity contribution in [1.29, 1.82) is 0 Å². The number of methoxy groups -OCH3 is 2. The van der Waals surface area contributed by atoms with Crippen molar-refractivity contribution in [3.63, 3.8) is 0 Å². The second-order valence-corrected chi connectivity index (χ2v) is 5.69. The van der Waals surface area contributed by atoms with Crippen molar-refractivity contribution >= 4 is 23.0 Å². The number of aromatic nitrogens is 1. The lowest BCUT2D eigenvalue weighted by molar-refractivity contribution is -0.123. The van der Waals surface area contributed by atoms with Gasteiger partial charge in [-0.3, -0.25) is 9.78 Å². The van der Waals surface area contributed by atoms with Gasteiger partial charge < -0.3 is 19.3 Å². The van der Waals surface area contributed by atoms with E-state index in [9.17, 15) is 9.90 Å². The van der Waals surface area contributed by atoms with Crippen molar-refractivity contribution in [2.24, 2.45) is 5.10 Å². The summed E-state index contributed by atoms with van der Waals surface area (Å²) in [4.78, 5) is 16.3. The monoisotopic (exact) mass is 381 g/mol. The van der Waals surface area contributed by atoms with Crippen molar-refractivity contribution < 1.29 is 24.1 Å². The number of pyridine rings is 1. The molecule has 0 aliphatic carbocycles. The Morgan fingerprint density at radius 3 is 2.57 bits per heavy atom. The number of hydrazone groups is 1. The summed E-state index contributed by atoms with van der Waals surface area (Å²) in [5, 5.41) is 14.7. The van der Waals surface area contributed by atoms with E-state index in [0.29, 0.717) is 16.8 Å². The first-order chi connectivity index (χ1) is 13.6. The molecule has 3 aromatic rings. The average molecular weight is 381 g/mol. The van der Waals surface area contributed by atoms with Crippen LogP contribution in [0.4, 0.5) is 0 Å². The molecule has 0 aliphatic heterocycles. The van der Waals surface area contributed by atoms with Gasteiger partial charge >= 0.3 is 0 Å². The van der Waals surface area contributed by atoms with E-state index in [4.69, 9.17) is 14.2 Å². The van der Waals surface area contributed by atoms with Crippen LogP contribution in [0.5, 0.6) is 23.0 Å². The Kier molecular flexibility index (Phi) is 5.91. The third-order valence-corrected chi connectivity index (χ3v) is 3.86. The molecule has 8 heteroatoms. The molecule has 28 heavy (non-hydrogen) atoms. The number of hydrogen-bond acceptors (Lipinski definition) is 7. The summed E-state index contributed by atoms with van der Waals surface area (Å²) in [6, 6.07) is 12.4. The molecule has 2 N–H and O–H groups in total. The number of aromatic hydroxyl groups is 1. The predicted molar refractivity (Wildman–Crippen MR) is 104 cm³/mol. The van der Waals surface area contributed by atoms with Crippen LogP contribution in [0, 0.1) is 0 Å². The van der Waals surface area contributed by atoms with E-state index in [2.05, 4.69) is 15.5 Å². The third kappa shape index (κ3) is 4.29. The number of rotatable bonds is 7. The number of fused-ring (bicyclic) bond motifs is 1. The second kappa shape index (κ2) is 8.72. The third-order valence-electron chi connectivity index (χ3n) is 3.86. The highest BCUT2D eigenvalue weighted by Gasteiger charge is 2.10. The van der Waals surface area contributed by atoms with Crippen LogP contribution in [0.15, 0.2) is 53.8 Å². The molecule has 0 saturated carbocycles. The molecular weight excluding hydrogens is 362 g/mol. The normalized spacial score (nSPS) is 10.8. The summed E-state index contributed by atoms with van der Waals surface area (Å²) in [5.74, 6) is 0.452. The van der Waals surface area contributed by atoms with E-state index in [1.54, 1.807) is 24.4 Å². The first kappa shape index (κ1) is 19.0. The van der Waals surface area contributed by atoms with E-state index in [0.717, 1.165) is 5.39 Å². The highest BCUT2D eigenvalue weighted by molar-refractivity contribution is 5.86. The standard InChI is InChI=1S/C20H19N3O5/c1-26-16-9-13(10-17(27-2)20(16)25)11-22-23-18(24)12-28-15-7-3-5-14-6-4-8-21-19(14)15/h3-11,25H,12H2,1-2H3,(H,23,24)/b22-11-. The Balaban J connectivity index is 1.61. The minimum atomic E-state index is -0.429. The van der Waals surface area contributed by atoms with Gasteiger partial charge in [0.2, 0.25) is 5.75 Å². The van der Waals surface area contributed by atoms with Crippen molar-refractivity contribution in [2.45, 2.75) is 0 Å². The van der Waals surface area contributed by atoms with Crippen LogP contribution in [0.1, 0.15) is 5.56 Å². The Bertz CT molecular complexity index is 989. The molecule has 3 rings (SSSR count). The minimum absolute atomic E-state index is 0.108. The lowest BCUT2D eigenvalue weighted by Crippen LogP contribution is -2.24. The average Bonchev–Trinajstić information content (AvgIpc) is 2.73. The smallest absolute Gasteiger partial charge is 0.277 e. The SMILES string of the molecule is COc1cc(/C=N\NC(=O)COc2cccc3cccnc23)cc(OC)c1O. The van der Waals surface area contributed by atoms with Gasteiger partial charge in [0, 0.05) is 17.1 Å². The van der Waals surface area contributed by atoms with Gasteiger partial charge in [0.25, 0.3) is 5.91 Å². The molecule has 0 spiro atoms. The fourth-order valence-corrected chi connectivity index (χ4v) is 2.54. The zero-order valence-corrected chi connectivity index (χ0v) is 15.4. The van der Waals surface area contributed by atoms with Gasteiger partial charge in [-0.05, 0) is 24.3 Å². The van der Waals surface area contributed by atoms with Gasteiger partial charge in [0.15, 0.2) is 18.1 Å². The Labute approximate surface area is 161 Å². The van der Waals surface area contributed by atoms with Gasteiger partial charge in [-0.1, -0.05) is 18.2 Å². The lowest BCUT2D eigenvalue weighted by atomic mass is 10.2. The fourth-order valence-electron chi connectivity index (χ4n) is 2.54. The number of hydrogen-bond donors (Lipinski definition) is 2. The second-order valence-electron chi connectivity index (χ2n) is 5.69. The van der Waals surface area contributed by atoms with E-state index in [-0.39, 0.29) is 23.9 Å². The first-order valence-corrected chi connectivity index (χ1v) is 8.36. The predicted octanol–water partition coefficient (Wildman–Crippen LogP) is 2.49. The maximum absolute atomic E-state index is 12.0. The zero-order chi connectivity index (χ0) is 19.9. The van der Waals surface area contributed by atoms with Crippen LogP contribution in [0.25, 0.3) is 10.9 Å². The quantitative estimate of drug-likeness (QED) is 0.482. The molecule has 0 atom stereocenters. The van der Waals surface area contributed by atoms with E-state index >= 15 is 0 Å². The van der Waals surface area contributed by atoms with Crippen LogP contribution in [0.2, 0.25) is 0 Å². The first-order valence-electron chi connectivity index (χ1n) is 8.36. The van der Waals surface area contributed by atoms with Crippen LogP contribution in [-0.2, 0) is 4.79 Å². The summed E-state index contributed by atoms with van der Waals surface area (Å²) in [6.45, 7) is -0.213. The molecule has 8 nitrogen and oxygen atoms in total. The van der Waals surface area contributed by atoms with Gasteiger partial charge in [0.05, 0.1) is 20.4 Å². The lowest BCUT2D eigenvalue weighted by Gasteiger charge is -2.09. The number of para-hydroxylation sites is 1. The van der Waals surface area contributed by atoms with Crippen LogP contribution in [-0.4, -0.2) is 43.0 Å². The summed E-state index contributed by atoms with van der Waals surface area (Å²) in [6.07, 6.45) is 3.07. The number of phenolic OH excluding ortho intramolecular Hbond substituents is 1. The highest BCUT2D eigenvalue weighted by atomic mass is 16.5. The van der Waals surface area contributed by atoms with Crippen LogP contribution < -0.4 is 19.6 Å². The molecule has 0 unspecified atom stereocenters. The number of nitrogens with one attached hydrogen (secondary N) is 1. The van der Waals surface area contributed by atoms with Gasteiger partial charge in [-0.2, -0.15) is 5.10 Å². The van der Waals surface area contributed by atoms with Crippen molar-refractivity contribution in [2.75, 3.05) is 20.8 Å². The molecule has 2 aromatic carbocycles. The number of benzene rings is 2. The van der Waals surface area contributed by atoms with Crippen molar-refractivity contribution in [3.8, 4) is 23.0 Å². The molecule has 0 radical (unpaired) electrons. The van der Waals surface area contributed by atoms with Crippen molar-refractivity contribution in [1.82, 2.24) is 10.4 Å². The largest absolute Gasteiger partial charge is 0.502 e. The zero-order valence-electron chi connectivity index (χ0n) is 15.4. The summed E-state index contributed by atoms with van der Waals surface area (Å²) in [5.41, 5.74) is 3.64. The van der Waals surface area contributed by atoms with Crippen LogP contribution >= 0.6 is 0 Å². The number of carbonyl (C=O) groups is 1. The summed E-state index contributed by atoms with van der Waals surface area (Å²) in [7, 11) is 2.85. The highest BCUT2D eigenvalue weighted by Crippen LogP contribution is 2.36. The number of nitrogens with zero attached hydrogens (tertiary/aromatic N) is 2. The number of phenols is 1. The Hall–Kier alpha value is -3.81. The van der Waals surface area contributed by atoms with Crippen LogP contribution in [0.3, 0.4) is 0 Å². The topological polar surface area (TPSA) is 102 Å². The molecule has 1 amide bonds. The van der Waals surface area contributed by atoms with Gasteiger partial charge in [-0.15, -0.1) is 0 Å². The molecule has 1 aromatic heterocycles. The fraction of sp³-hybridized carbons (Fsp3) is 0.150. The van der Waals surface area contributed by atoms with Crippen molar-refractivity contribution in [3.05, 3.63) is 54.2 Å². The minimum Gasteiger partial charge on any atom is -0.502 e. The Morgan fingerprint density at radius 1 is 1.14 bits per heavy atom. The number of amides is 1. The molecular formula is C20H19N3O5. The van der Waals surface area contributed by atoms with Gasteiger partial charge in [0.1, 0.15) is 11.3 Å². The summed E-state index contributed by atoms with van der Waals surface area (Å²) < 4.78 is 15.7. The van der Waals surface area contributed by atoms with E-state index in [1.165, 1.54) is 20.4 Å². The van der Waals surface area contributed by atoms with E-state index < -0.39 is 5.91 Å². The molecule has 0 bridgehead atoms. The molecule has 1 heterocycles. The number of carbonyl (C=O) groups excluding carboxylic acids is 1. The molecule has 144 valence electrons. The Morgan fingerprint density at radius 2 is 1.86 bits per heavy atom. The molecule has 0 fully saturated rings. The number of ether oxygens (including phenoxy) is 3. The van der Waals surface area contributed by atoms with E-state index in [1.807, 2.05) is 24.3 Å². The maximum Gasteiger partial charge on any atom is 0.277 e. The van der Waals surface area contributed by atoms with Gasteiger partial charge in [-0.25, -0.2) is 5.43 Å². The molecule has 0 aliphatic rings. The maximum atomic E-state index is 12.0. The summed E-state index contributed by atoms with van der Waals surface area (Å²) >= 11 is 0.